The Morgan fingerprint density at radius 1 is 1.12 bits per heavy atom. The zero-order valence-electron chi connectivity index (χ0n) is 12.8. The molecule has 2 N–H and O–H groups in total. The highest BCUT2D eigenvalue weighted by Gasteiger charge is 2.14. The smallest absolute Gasteiger partial charge is 0.253 e. The number of sulfonamides is 1. The molecule has 0 saturated carbocycles. The number of amides is 1. The summed E-state index contributed by atoms with van der Waals surface area (Å²) in [5.41, 5.74) is 1.14. The van der Waals surface area contributed by atoms with Crippen molar-refractivity contribution in [1.82, 2.24) is 19.9 Å². The molecule has 0 atom stereocenters. The molecular formula is C15H15N5O3S. The highest BCUT2D eigenvalue weighted by Crippen LogP contribution is 2.16. The first-order chi connectivity index (χ1) is 11.4. The van der Waals surface area contributed by atoms with Crippen LogP contribution >= 0.6 is 0 Å². The lowest BCUT2D eigenvalue weighted by atomic mass is 10.1. The van der Waals surface area contributed by atoms with Gasteiger partial charge in [0.15, 0.2) is 11.5 Å². The summed E-state index contributed by atoms with van der Waals surface area (Å²) in [6, 6.07) is 11.9. The van der Waals surface area contributed by atoms with Gasteiger partial charge in [-0.15, -0.1) is 10.2 Å². The third-order valence-corrected chi connectivity index (χ3v) is 3.85. The number of aromatic nitrogens is 3. The molecule has 1 aromatic carbocycles. The Hall–Kier alpha value is -2.94. The molecule has 24 heavy (non-hydrogen) atoms. The van der Waals surface area contributed by atoms with Crippen molar-refractivity contribution in [2.24, 2.45) is 0 Å². The van der Waals surface area contributed by atoms with Gasteiger partial charge in [0.05, 0.1) is 24.1 Å². The van der Waals surface area contributed by atoms with Crippen molar-refractivity contribution in [3.63, 3.8) is 0 Å². The predicted octanol–water partition coefficient (Wildman–Crippen LogP) is 1.03. The van der Waals surface area contributed by atoms with Gasteiger partial charge in [-0.1, -0.05) is 18.2 Å². The van der Waals surface area contributed by atoms with E-state index >= 15 is 0 Å². The number of nitrogens with zero attached hydrogens (tertiary/aromatic N) is 3. The molecule has 0 aliphatic rings. The van der Waals surface area contributed by atoms with Crippen LogP contribution in [0.1, 0.15) is 16.2 Å². The molecule has 3 rings (SSSR count). The fourth-order valence-electron chi connectivity index (χ4n) is 2.24. The van der Waals surface area contributed by atoms with Gasteiger partial charge in [0, 0.05) is 6.20 Å². The summed E-state index contributed by atoms with van der Waals surface area (Å²) in [7, 11) is -3.48. The van der Waals surface area contributed by atoms with Crippen molar-refractivity contribution in [2.45, 2.75) is 6.54 Å². The van der Waals surface area contributed by atoms with E-state index < -0.39 is 15.9 Å². The van der Waals surface area contributed by atoms with Crippen LogP contribution in [0.2, 0.25) is 0 Å². The van der Waals surface area contributed by atoms with Crippen molar-refractivity contribution >= 4 is 27.3 Å². The number of rotatable bonds is 5. The largest absolute Gasteiger partial charge is 0.345 e. The zero-order valence-corrected chi connectivity index (χ0v) is 13.6. The Labute approximate surface area is 138 Å². The van der Waals surface area contributed by atoms with E-state index in [0.717, 1.165) is 6.26 Å². The molecule has 9 heteroatoms. The number of benzene rings is 1. The van der Waals surface area contributed by atoms with E-state index in [0.29, 0.717) is 11.5 Å². The molecule has 124 valence electrons. The molecule has 1 amide bonds. The summed E-state index contributed by atoms with van der Waals surface area (Å²) < 4.78 is 26.9. The number of carbonyl (C=O) groups is 1. The maximum atomic E-state index is 12.4. The SMILES string of the molecule is CS(=O)(=O)Nc1ccccc1C(=O)NCc1nnc2ccccn12. The minimum Gasteiger partial charge on any atom is -0.345 e. The maximum Gasteiger partial charge on any atom is 0.253 e. The third-order valence-electron chi connectivity index (χ3n) is 3.26. The van der Waals surface area contributed by atoms with Crippen LogP contribution in [0.25, 0.3) is 5.65 Å². The van der Waals surface area contributed by atoms with Gasteiger partial charge in [-0.2, -0.15) is 0 Å². The van der Waals surface area contributed by atoms with Gasteiger partial charge < -0.3 is 5.32 Å². The normalized spacial score (nSPS) is 11.4. The van der Waals surface area contributed by atoms with E-state index in [9.17, 15) is 13.2 Å². The summed E-state index contributed by atoms with van der Waals surface area (Å²) in [5.74, 6) is 0.168. The Kier molecular flexibility index (Phi) is 4.17. The Morgan fingerprint density at radius 3 is 2.67 bits per heavy atom. The highest BCUT2D eigenvalue weighted by atomic mass is 32.2. The zero-order chi connectivity index (χ0) is 17.2. The van der Waals surface area contributed by atoms with Crippen LogP contribution in [-0.2, 0) is 16.6 Å². The first-order valence-electron chi connectivity index (χ1n) is 7.08. The molecule has 3 aromatic rings. The fraction of sp³-hybridized carbons (Fsp3) is 0.133. The summed E-state index contributed by atoms with van der Waals surface area (Å²) in [5, 5.41) is 10.8. The third kappa shape index (κ3) is 3.51. The van der Waals surface area contributed by atoms with Gasteiger partial charge in [0.25, 0.3) is 5.91 Å². The molecule has 0 radical (unpaired) electrons. The molecule has 0 aliphatic heterocycles. The Bertz CT molecular complexity index is 997. The molecule has 0 unspecified atom stereocenters. The van der Waals surface area contributed by atoms with E-state index in [2.05, 4.69) is 20.2 Å². The van der Waals surface area contributed by atoms with Gasteiger partial charge in [-0.25, -0.2) is 8.42 Å². The van der Waals surface area contributed by atoms with Crippen LogP contribution in [0.3, 0.4) is 0 Å². The van der Waals surface area contributed by atoms with Crippen LogP contribution in [0.4, 0.5) is 5.69 Å². The minimum absolute atomic E-state index is 0.164. The Morgan fingerprint density at radius 2 is 1.88 bits per heavy atom. The average Bonchev–Trinajstić information content (AvgIpc) is 2.95. The molecule has 8 nitrogen and oxygen atoms in total. The van der Waals surface area contributed by atoms with Crippen molar-refractivity contribution < 1.29 is 13.2 Å². The lowest BCUT2D eigenvalue weighted by Gasteiger charge is -2.10. The first-order valence-corrected chi connectivity index (χ1v) is 8.97. The van der Waals surface area contributed by atoms with Crippen molar-refractivity contribution in [3.05, 3.63) is 60.0 Å². The van der Waals surface area contributed by atoms with Crippen molar-refractivity contribution in [2.75, 3.05) is 11.0 Å². The second-order valence-corrected chi connectivity index (χ2v) is 6.90. The van der Waals surface area contributed by atoms with Crippen LogP contribution in [0.5, 0.6) is 0 Å². The van der Waals surface area contributed by atoms with E-state index in [1.165, 1.54) is 6.07 Å². The van der Waals surface area contributed by atoms with Crippen molar-refractivity contribution in [3.8, 4) is 0 Å². The van der Waals surface area contributed by atoms with Gasteiger partial charge in [0.1, 0.15) is 0 Å². The second kappa shape index (κ2) is 6.28. The molecule has 0 saturated heterocycles. The van der Waals surface area contributed by atoms with E-state index in [4.69, 9.17) is 0 Å². The second-order valence-electron chi connectivity index (χ2n) is 5.15. The molecular weight excluding hydrogens is 330 g/mol. The van der Waals surface area contributed by atoms with Crippen LogP contribution in [0.15, 0.2) is 48.7 Å². The number of hydrogen-bond donors (Lipinski definition) is 2. The van der Waals surface area contributed by atoms with Crippen molar-refractivity contribution in [1.29, 1.82) is 0 Å². The Balaban J connectivity index is 1.78. The van der Waals surface area contributed by atoms with Gasteiger partial charge in [-0.3, -0.25) is 13.9 Å². The molecule has 0 spiro atoms. The topological polar surface area (TPSA) is 105 Å². The number of pyridine rings is 1. The molecule has 2 aromatic heterocycles. The number of carbonyl (C=O) groups excluding carboxylic acids is 1. The summed E-state index contributed by atoms with van der Waals surface area (Å²) in [6.45, 7) is 0.164. The maximum absolute atomic E-state index is 12.4. The number of anilines is 1. The molecule has 0 aliphatic carbocycles. The number of fused-ring (bicyclic) bond motifs is 1. The monoisotopic (exact) mass is 345 g/mol. The highest BCUT2D eigenvalue weighted by molar-refractivity contribution is 7.92. The summed E-state index contributed by atoms with van der Waals surface area (Å²) in [6.07, 6.45) is 2.83. The fourth-order valence-corrected chi connectivity index (χ4v) is 2.81. The van der Waals surface area contributed by atoms with Gasteiger partial charge >= 0.3 is 0 Å². The number of hydrogen-bond acceptors (Lipinski definition) is 5. The molecule has 0 fully saturated rings. The van der Waals surface area contributed by atoms with E-state index in [1.54, 1.807) is 28.8 Å². The van der Waals surface area contributed by atoms with Crippen LogP contribution < -0.4 is 10.0 Å². The van der Waals surface area contributed by atoms with Gasteiger partial charge in [-0.05, 0) is 24.3 Å². The number of para-hydroxylation sites is 1. The lowest BCUT2D eigenvalue weighted by Crippen LogP contribution is -2.25. The molecule has 2 heterocycles. The summed E-state index contributed by atoms with van der Waals surface area (Å²) >= 11 is 0. The quantitative estimate of drug-likeness (QED) is 0.718. The van der Waals surface area contributed by atoms with E-state index in [-0.39, 0.29) is 17.8 Å². The van der Waals surface area contributed by atoms with Crippen LogP contribution in [0, 0.1) is 0 Å². The average molecular weight is 345 g/mol. The predicted molar refractivity (Wildman–Crippen MR) is 89.1 cm³/mol. The minimum atomic E-state index is -3.48. The van der Waals surface area contributed by atoms with E-state index in [1.807, 2.05) is 18.2 Å². The van der Waals surface area contributed by atoms with Gasteiger partial charge in [0.2, 0.25) is 10.0 Å². The lowest BCUT2D eigenvalue weighted by molar-refractivity contribution is 0.0950. The summed E-state index contributed by atoms with van der Waals surface area (Å²) in [4.78, 5) is 12.4. The molecule has 0 bridgehead atoms. The number of nitrogens with one attached hydrogen (secondary N) is 2. The van der Waals surface area contributed by atoms with Crippen LogP contribution in [-0.4, -0.2) is 35.2 Å². The standard InChI is InChI=1S/C15H15N5O3S/c1-24(22,23)19-12-7-3-2-6-11(12)15(21)16-10-14-18-17-13-8-4-5-9-20(13)14/h2-9,19H,10H2,1H3,(H,16,21). The first kappa shape index (κ1) is 15.9.